The molecule has 4 rings (SSSR count). The lowest BCUT2D eigenvalue weighted by atomic mass is 9.97. The molecule has 6 heteroatoms. The van der Waals surface area contributed by atoms with Gasteiger partial charge in [0, 0.05) is 41.2 Å². The predicted octanol–water partition coefficient (Wildman–Crippen LogP) is 4.76. The maximum atomic E-state index is 12.7. The zero-order valence-electron chi connectivity index (χ0n) is 15.4. The Morgan fingerprint density at radius 3 is 2.57 bits per heavy atom. The van der Waals surface area contributed by atoms with Crippen molar-refractivity contribution >= 4 is 33.5 Å². The molecule has 0 bridgehead atoms. The molecule has 0 spiro atoms. The highest BCUT2D eigenvalue weighted by atomic mass is 79.9. The summed E-state index contributed by atoms with van der Waals surface area (Å²) >= 11 is 3.43. The molecule has 1 aliphatic heterocycles. The van der Waals surface area contributed by atoms with Crippen LogP contribution in [0.25, 0.3) is 11.1 Å². The minimum absolute atomic E-state index is 0.0451. The van der Waals surface area contributed by atoms with Crippen LogP contribution in [0, 0.1) is 5.92 Å². The molecule has 1 amide bonds. The van der Waals surface area contributed by atoms with Crippen LogP contribution in [0.1, 0.15) is 12.8 Å². The van der Waals surface area contributed by atoms with Crippen molar-refractivity contribution in [3.8, 4) is 11.1 Å². The molecular weight excluding hydrogens is 416 g/mol. The summed E-state index contributed by atoms with van der Waals surface area (Å²) in [5.74, 6) is 0.647. The lowest BCUT2D eigenvalue weighted by Crippen LogP contribution is -2.41. The van der Waals surface area contributed by atoms with Gasteiger partial charge in [-0.25, -0.2) is 9.97 Å². The van der Waals surface area contributed by atoms with Crippen molar-refractivity contribution in [1.29, 1.82) is 0 Å². The molecule has 1 saturated heterocycles. The molecule has 0 radical (unpaired) electrons. The summed E-state index contributed by atoms with van der Waals surface area (Å²) in [5.41, 5.74) is 2.89. The molecule has 1 aliphatic rings. The zero-order valence-corrected chi connectivity index (χ0v) is 17.0. The smallest absolute Gasteiger partial charge is 0.229 e. The Kier molecular flexibility index (Phi) is 5.67. The van der Waals surface area contributed by atoms with Gasteiger partial charge in [0.1, 0.15) is 0 Å². The molecule has 3 aromatic rings. The van der Waals surface area contributed by atoms with E-state index in [9.17, 15) is 4.79 Å². The van der Waals surface area contributed by atoms with Crippen LogP contribution in [0.2, 0.25) is 0 Å². The molecule has 142 valence electrons. The third-order valence-electron chi connectivity index (χ3n) is 4.91. The van der Waals surface area contributed by atoms with Gasteiger partial charge in [-0.1, -0.05) is 52.3 Å². The number of nitrogens with zero attached hydrogens (tertiary/aromatic N) is 3. The number of rotatable bonds is 4. The van der Waals surface area contributed by atoms with Crippen molar-refractivity contribution in [2.24, 2.45) is 5.92 Å². The number of benzene rings is 2. The Hall–Kier alpha value is -2.73. The maximum Gasteiger partial charge on any atom is 0.229 e. The van der Waals surface area contributed by atoms with Crippen molar-refractivity contribution in [3.63, 3.8) is 0 Å². The minimum Gasteiger partial charge on any atom is -0.340 e. The number of nitrogens with one attached hydrogen (secondary N) is 1. The van der Waals surface area contributed by atoms with Gasteiger partial charge in [-0.3, -0.25) is 4.79 Å². The Balaban J connectivity index is 1.42. The quantitative estimate of drug-likeness (QED) is 0.640. The number of amides is 1. The summed E-state index contributed by atoms with van der Waals surface area (Å²) < 4.78 is 0.947. The molecule has 2 heterocycles. The van der Waals surface area contributed by atoms with Crippen LogP contribution in [0.4, 0.5) is 11.6 Å². The fourth-order valence-electron chi connectivity index (χ4n) is 3.45. The van der Waals surface area contributed by atoms with E-state index in [1.54, 1.807) is 0 Å². The van der Waals surface area contributed by atoms with Crippen molar-refractivity contribution < 1.29 is 4.79 Å². The Bertz CT molecular complexity index is 946. The van der Waals surface area contributed by atoms with Crippen molar-refractivity contribution in [1.82, 2.24) is 9.97 Å². The molecule has 1 aromatic heterocycles. The molecule has 1 unspecified atom stereocenters. The first-order valence-corrected chi connectivity index (χ1v) is 10.2. The van der Waals surface area contributed by atoms with E-state index in [4.69, 9.17) is 0 Å². The first-order chi connectivity index (χ1) is 13.7. The van der Waals surface area contributed by atoms with Crippen LogP contribution in [-0.4, -0.2) is 29.0 Å². The fourth-order valence-corrected chi connectivity index (χ4v) is 3.85. The van der Waals surface area contributed by atoms with E-state index in [2.05, 4.69) is 36.1 Å². The summed E-state index contributed by atoms with van der Waals surface area (Å²) in [6.07, 6.45) is 5.52. The molecule has 2 aromatic carbocycles. The van der Waals surface area contributed by atoms with Crippen LogP contribution < -0.4 is 10.2 Å². The van der Waals surface area contributed by atoms with Crippen molar-refractivity contribution in [3.05, 3.63) is 71.5 Å². The number of aromatic nitrogens is 2. The number of carbonyl (C=O) groups excluding carboxylic acids is 1. The largest absolute Gasteiger partial charge is 0.340 e. The highest BCUT2D eigenvalue weighted by Crippen LogP contribution is 2.24. The fraction of sp³-hybridized carbons (Fsp3) is 0.227. The first kappa shape index (κ1) is 18.6. The molecule has 0 aliphatic carbocycles. The van der Waals surface area contributed by atoms with Crippen LogP contribution in [0.5, 0.6) is 0 Å². The molecule has 1 fully saturated rings. The van der Waals surface area contributed by atoms with E-state index in [-0.39, 0.29) is 11.8 Å². The summed E-state index contributed by atoms with van der Waals surface area (Å²) in [6, 6.07) is 17.7. The van der Waals surface area contributed by atoms with E-state index < -0.39 is 0 Å². The first-order valence-electron chi connectivity index (χ1n) is 9.38. The molecule has 0 saturated carbocycles. The van der Waals surface area contributed by atoms with Gasteiger partial charge in [-0.15, -0.1) is 0 Å². The average Bonchev–Trinajstić information content (AvgIpc) is 2.75. The van der Waals surface area contributed by atoms with Gasteiger partial charge in [0.15, 0.2) is 0 Å². The number of halogens is 1. The standard InChI is InChI=1S/C22H21BrN4O/c23-19-9-4-10-20(12-19)26-21(28)17-8-5-11-27(15-17)22-24-13-18(14-25-22)16-6-2-1-3-7-16/h1-4,6-7,9-10,12-14,17H,5,8,11,15H2,(H,26,28). The second kappa shape index (κ2) is 8.52. The highest BCUT2D eigenvalue weighted by Gasteiger charge is 2.27. The monoisotopic (exact) mass is 436 g/mol. The van der Waals surface area contributed by atoms with E-state index >= 15 is 0 Å². The Labute approximate surface area is 173 Å². The zero-order chi connectivity index (χ0) is 19.3. The third-order valence-corrected chi connectivity index (χ3v) is 5.41. The summed E-state index contributed by atoms with van der Waals surface area (Å²) in [4.78, 5) is 23.9. The van der Waals surface area contributed by atoms with Gasteiger partial charge in [0.05, 0.1) is 5.92 Å². The maximum absolute atomic E-state index is 12.7. The Morgan fingerprint density at radius 1 is 1.04 bits per heavy atom. The van der Waals surface area contributed by atoms with Crippen LogP contribution in [0.3, 0.4) is 0 Å². The van der Waals surface area contributed by atoms with Crippen LogP contribution in [0.15, 0.2) is 71.5 Å². The molecule has 5 nitrogen and oxygen atoms in total. The minimum atomic E-state index is -0.0786. The Morgan fingerprint density at radius 2 is 1.82 bits per heavy atom. The number of hydrogen-bond donors (Lipinski definition) is 1. The second-order valence-electron chi connectivity index (χ2n) is 6.92. The van der Waals surface area contributed by atoms with E-state index in [1.165, 1.54) is 0 Å². The van der Waals surface area contributed by atoms with Gasteiger partial charge < -0.3 is 10.2 Å². The van der Waals surface area contributed by atoms with Gasteiger partial charge in [-0.05, 0) is 36.6 Å². The van der Waals surface area contributed by atoms with Crippen LogP contribution >= 0.6 is 15.9 Å². The topological polar surface area (TPSA) is 58.1 Å². The number of piperidine rings is 1. The predicted molar refractivity (Wildman–Crippen MR) is 115 cm³/mol. The van der Waals surface area contributed by atoms with Gasteiger partial charge in [0.2, 0.25) is 11.9 Å². The van der Waals surface area contributed by atoms with Crippen LogP contribution in [-0.2, 0) is 4.79 Å². The van der Waals surface area contributed by atoms with Crippen molar-refractivity contribution in [2.45, 2.75) is 12.8 Å². The normalized spacial score (nSPS) is 16.6. The molecule has 1 atom stereocenters. The van der Waals surface area contributed by atoms with E-state index in [1.807, 2.05) is 67.0 Å². The van der Waals surface area contributed by atoms with Gasteiger partial charge >= 0.3 is 0 Å². The van der Waals surface area contributed by atoms with E-state index in [0.717, 1.165) is 40.7 Å². The summed E-state index contributed by atoms with van der Waals surface area (Å²) in [7, 11) is 0. The number of hydrogen-bond acceptors (Lipinski definition) is 4. The third kappa shape index (κ3) is 4.39. The average molecular weight is 437 g/mol. The lowest BCUT2D eigenvalue weighted by Gasteiger charge is -2.32. The lowest BCUT2D eigenvalue weighted by molar-refractivity contribution is -0.120. The second-order valence-corrected chi connectivity index (χ2v) is 7.84. The SMILES string of the molecule is O=C(Nc1cccc(Br)c1)C1CCCN(c2ncc(-c3ccccc3)cn2)C1. The molecule has 28 heavy (non-hydrogen) atoms. The summed E-state index contributed by atoms with van der Waals surface area (Å²) in [6.45, 7) is 1.50. The number of carbonyl (C=O) groups is 1. The number of anilines is 2. The van der Waals surface area contributed by atoms with Gasteiger partial charge in [-0.2, -0.15) is 0 Å². The van der Waals surface area contributed by atoms with Crippen molar-refractivity contribution in [2.75, 3.05) is 23.3 Å². The highest BCUT2D eigenvalue weighted by molar-refractivity contribution is 9.10. The molecular formula is C22H21BrN4O. The van der Waals surface area contributed by atoms with E-state index in [0.29, 0.717) is 12.5 Å². The summed E-state index contributed by atoms with van der Waals surface area (Å²) in [5, 5.41) is 3.02. The molecule has 1 N–H and O–H groups in total. The van der Waals surface area contributed by atoms with Gasteiger partial charge in [0.25, 0.3) is 0 Å².